The number of aryl methyl sites for hydroxylation is 1. The molecule has 0 aliphatic carbocycles. The first-order chi connectivity index (χ1) is 13.2. The number of hydrogen-bond donors (Lipinski definition) is 1. The van der Waals surface area contributed by atoms with Gasteiger partial charge in [0.05, 0.1) is 0 Å². The molecule has 144 valence electrons. The molecular weight excluding hydrogens is 336 g/mol. The average molecular weight is 367 g/mol. The van der Waals surface area contributed by atoms with Crippen molar-refractivity contribution in [3.8, 4) is 5.75 Å². The minimum Gasteiger partial charge on any atom is -0.481 e. The van der Waals surface area contributed by atoms with Gasteiger partial charge in [0.2, 0.25) is 0 Å². The largest absolute Gasteiger partial charge is 0.481 e. The number of benzene rings is 2. The van der Waals surface area contributed by atoms with Crippen LogP contribution in [0.4, 0.5) is 11.4 Å². The number of ether oxygens (including phenoxy) is 1. The highest BCUT2D eigenvalue weighted by atomic mass is 16.5. The third-order valence-corrected chi connectivity index (χ3v) is 5.13. The Morgan fingerprint density at radius 1 is 1.00 bits per heavy atom. The topological polar surface area (TPSA) is 41.6 Å². The van der Waals surface area contributed by atoms with Crippen molar-refractivity contribution in [3.63, 3.8) is 0 Å². The van der Waals surface area contributed by atoms with Gasteiger partial charge in [-0.3, -0.25) is 4.79 Å². The number of nitrogens with zero attached hydrogens (tertiary/aromatic N) is 1. The lowest BCUT2D eigenvalue weighted by Gasteiger charge is -2.28. The van der Waals surface area contributed by atoms with Crippen LogP contribution in [0.1, 0.15) is 45.1 Å². The molecule has 1 aliphatic heterocycles. The van der Waals surface area contributed by atoms with Gasteiger partial charge in [0.25, 0.3) is 5.91 Å². The second-order valence-electron chi connectivity index (χ2n) is 7.10. The summed E-state index contributed by atoms with van der Waals surface area (Å²) in [6.07, 6.45) is 4.95. The van der Waals surface area contributed by atoms with Crippen molar-refractivity contribution in [1.82, 2.24) is 0 Å². The second-order valence-corrected chi connectivity index (χ2v) is 7.10. The van der Waals surface area contributed by atoms with Crippen LogP contribution in [0.3, 0.4) is 0 Å². The molecule has 2 aromatic carbocycles. The van der Waals surface area contributed by atoms with E-state index in [0.29, 0.717) is 6.42 Å². The first-order valence-corrected chi connectivity index (χ1v) is 10.1. The van der Waals surface area contributed by atoms with Crippen LogP contribution in [0.15, 0.2) is 48.5 Å². The fourth-order valence-electron chi connectivity index (χ4n) is 3.42. The van der Waals surface area contributed by atoms with Crippen molar-refractivity contribution in [2.75, 3.05) is 23.3 Å². The van der Waals surface area contributed by atoms with Crippen molar-refractivity contribution in [2.45, 2.75) is 52.1 Å². The Bertz CT molecular complexity index is 719. The van der Waals surface area contributed by atoms with E-state index in [9.17, 15) is 4.79 Å². The van der Waals surface area contributed by atoms with E-state index in [0.717, 1.165) is 30.9 Å². The van der Waals surface area contributed by atoms with Crippen LogP contribution in [0.2, 0.25) is 0 Å². The molecule has 4 heteroatoms. The van der Waals surface area contributed by atoms with Crippen LogP contribution in [-0.4, -0.2) is 25.1 Å². The summed E-state index contributed by atoms with van der Waals surface area (Å²) in [7, 11) is 0. The summed E-state index contributed by atoms with van der Waals surface area (Å²) >= 11 is 0. The molecule has 1 atom stereocenters. The number of carbonyl (C=O) groups is 1. The van der Waals surface area contributed by atoms with E-state index in [-0.39, 0.29) is 5.91 Å². The maximum absolute atomic E-state index is 12.6. The van der Waals surface area contributed by atoms with E-state index in [4.69, 9.17) is 4.74 Å². The molecule has 3 rings (SSSR count). The highest BCUT2D eigenvalue weighted by molar-refractivity contribution is 5.94. The summed E-state index contributed by atoms with van der Waals surface area (Å²) in [5, 5.41) is 2.98. The number of rotatable bonds is 7. The number of piperidine rings is 1. The Labute approximate surface area is 162 Å². The van der Waals surface area contributed by atoms with Gasteiger partial charge in [0, 0.05) is 24.5 Å². The van der Waals surface area contributed by atoms with E-state index in [1.54, 1.807) is 0 Å². The molecule has 0 aromatic heterocycles. The van der Waals surface area contributed by atoms with E-state index >= 15 is 0 Å². The van der Waals surface area contributed by atoms with Gasteiger partial charge in [0.15, 0.2) is 6.10 Å². The van der Waals surface area contributed by atoms with Gasteiger partial charge in [-0.2, -0.15) is 0 Å². The molecule has 27 heavy (non-hydrogen) atoms. The van der Waals surface area contributed by atoms with Crippen LogP contribution in [0, 0.1) is 0 Å². The van der Waals surface area contributed by atoms with Gasteiger partial charge in [-0.25, -0.2) is 0 Å². The molecule has 1 fully saturated rings. The molecule has 4 nitrogen and oxygen atoms in total. The third-order valence-electron chi connectivity index (χ3n) is 5.13. The summed E-state index contributed by atoms with van der Waals surface area (Å²) in [5.74, 6) is 0.623. The Kier molecular flexibility index (Phi) is 6.74. The number of hydrogen-bond acceptors (Lipinski definition) is 3. The monoisotopic (exact) mass is 366 g/mol. The minimum absolute atomic E-state index is 0.109. The van der Waals surface area contributed by atoms with Crippen LogP contribution in [-0.2, 0) is 11.2 Å². The molecule has 0 radical (unpaired) electrons. The van der Waals surface area contributed by atoms with E-state index < -0.39 is 6.10 Å². The zero-order valence-corrected chi connectivity index (χ0v) is 16.4. The molecule has 0 unspecified atom stereocenters. The van der Waals surface area contributed by atoms with Gasteiger partial charge >= 0.3 is 0 Å². The smallest absolute Gasteiger partial charge is 0.265 e. The number of anilines is 2. The first-order valence-electron chi connectivity index (χ1n) is 10.1. The lowest BCUT2D eigenvalue weighted by atomic mass is 10.1. The molecule has 1 amide bonds. The van der Waals surface area contributed by atoms with Gasteiger partial charge < -0.3 is 15.0 Å². The van der Waals surface area contributed by atoms with Crippen molar-refractivity contribution >= 4 is 17.3 Å². The minimum atomic E-state index is -0.501. The fourth-order valence-corrected chi connectivity index (χ4v) is 3.42. The first kappa shape index (κ1) is 19.3. The lowest BCUT2D eigenvalue weighted by molar-refractivity contribution is -0.122. The molecular formula is C23H30N2O2. The average Bonchev–Trinajstić information content (AvgIpc) is 2.73. The Hall–Kier alpha value is -2.49. The van der Waals surface area contributed by atoms with Crippen LogP contribution < -0.4 is 15.0 Å². The van der Waals surface area contributed by atoms with E-state index in [2.05, 4.69) is 29.3 Å². The molecule has 0 bridgehead atoms. The Balaban J connectivity index is 1.58. The maximum Gasteiger partial charge on any atom is 0.265 e. The van der Waals surface area contributed by atoms with Gasteiger partial charge in [0.1, 0.15) is 5.75 Å². The lowest BCUT2D eigenvalue weighted by Crippen LogP contribution is -2.32. The number of carbonyl (C=O) groups excluding carboxylic acids is 1. The predicted octanol–water partition coefficient (Wildman–Crippen LogP) is 5.04. The highest BCUT2D eigenvalue weighted by Crippen LogP contribution is 2.22. The maximum atomic E-state index is 12.6. The highest BCUT2D eigenvalue weighted by Gasteiger charge is 2.19. The Morgan fingerprint density at radius 2 is 1.67 bits per heavy atom. The summed E-state index contributed by atoms with van der Waals surface area (Å²) in [6.45, 7) is 6.32. The van der Waals surface area contributed by atoms with Gasteiger partial charge in [-0.05, 0) is 74.1 Å². The van der Waals surface area contributed by atoms with Crippen molar-refractivity contribution < 1.29 is 9.53 Å². The fraction of sp³-hybridized carbons (Fsp3) is 0.435. The van der Waals surface area contributed by atoms with Crippen molar-refractivity contribution in [2.24, 2.45) is 0 Å². The van der Waals surface area contributed by atoms with Crippen molar-refractivity contribution in [1.29, 1.82) is 0 Å². The van der Waals surface area contributed by atoms with Crippen LogP contribution in [0.25, 0.3) is 0 Å². The zero-order chi connectivity index (χ0) is 19.1. The Morgan fingerprint density at radius 3 is 2.26 bits per heavy atom. The zero-order valence-electron chi connectivity index (χ0n) is 16.4. The van der Waals surface area contributed by atoms with Gasteiger partial charge in [-0.15, -0.1) is 0 Å². The molecule has 1 aliphatic rings. The summed E-state index contributed by atoms with van der Waals surface area (Å²) in [6, 6.07) is 16.1. The summed E-state index contributed by atoms with van der Waals surface area (Å²) in [4.78, 5) is 15.0. The van der Waals surface area contributed by atoms with Crippen LogP contribution >= 0.6 is 0 Å². The standard InChI is InChI=1S/C23H30N2O2/c1-3-18-8-14-21(15-9-18)27-22(4-2)23(26)24-19-10-12-20(13-11-19)25-16-6-5-7-17-25/h8-15,22H,3-7,16-17H2,1-2H3,(H,24,26)/t22-/m0/s1. The number of nitrogens with one attached hydrogen (secondary N) is 1. The van der Waals surface area contributed by atoms with E-state index in [1.165, 1.54) is 30.5 Å². The molecule has 2 aromatic rings. The molecule has 1 heterocycles. The quantitative estimate of drug-likeness (QED) is 0.747. The van der Waals surface area contributed by atoms with E-state index in [1.807, 2.05) is 43.3 Å². The normalized spacial score (nSPS) is 15.3. The molecule has 0 saturated carbocycles. The SMILES string of the molecule is CCc1ccc(O[C@@H](CC)C(=O)Nc2ccc(N3CCCCC3)cc2)cc1. The summed E-state index contributed by atoms with van der Waals surface area (Å²) < 4.78 is 5.90. The molecule has 1 N–H and O–H groups in total. The van der Waals surface area contributed by atoms with Crippen LogP contribution in [0.5, 0.6) is 5.75 Å². The molecule has 0 spiro atoms. The number of amides is 1. The van der Waals surface area contributed by atoms with Gasteiger partial charge in [-0.1, -0.05) is 26.0 Å². The molecule has 1 saturated heterocycles. The third kappa shape index (κ3) is 5.25. The summed E-state index contributed by atoms with van der Waals surface area (Å²) in [5.41, 5.74) is 3.30. The van der Waals surface area contributed by atoms with Crippen molar-refractivity contribution in [3.05, 3.63) is 54.1 Å². The predicted molar refractivity (Wildman–Crippen MR) is 112 cm³/mol. The second kappa shape index (κ2) is 9.45.